The van der Waals surface area contributed by atoms with Crippen LogP contribution in [0.4, 0.5) is 4.39 Å². The van der Waals surface area contributed by atoms with Gasteiger partial charge in [-0.15, -0.1) is 11.3 Å². The first-order valence-corrected chi connectivity index (χ1v) is 11.7. The van der Waals surface area contributed by atoms with Gasteiger partial charge < -0.3 is 0 Å². The summed E-state index contributed by atoms with van der Waals surface area (Å²) in [5.41, 5.74) is 5.36. The van der Waals surface area contributed by atoms with Crippen LogP contribution in [0.15, 0.2) is 34.2 Å². The van der Waals surface area contributed by atoms with E-state index in [-0.39, 0.29) is 22.9 Å². The van der Waals surface area contributed by atoms with E-state index in [4.69, 9.17) is 0 Å². The number of thiophene rings is 1. The fourth-order valence-corrected chi connectivity index (χ4v) is 5.83. The molecule has 0 atom stereocenters. The molecule has 0 fully saturated rings. The summed E-state index contributed by atoms with van der Waals surface area (Å²) < 4.78 is 15.3. The van der Waals surface area contributed by atoms with E-state index in [9.17, 15) is 18.8 Å². The Bertz CT molecular complexity index is 1240. The topological polar surface area (TPSA) is 93.1 Å². The van der Waals surface area contributed by atoms with Crippen molar-refractivity contribution < 1.29 is 14.0 Å². The van der Waals surface area contributed by atoms with Crippen molar-refractivity contribution >= 4 is 45.1 Å². The van der Waals surface area contributed by atoms with E-state index in [1.54, 1.807) is 15.9 Å². The quantitative estimate of drug-likeness (QED) is 0.347. The van der Waals surface area contributed by atoms with Gasteiger partial charge in [0.2, 0.25) is 5.91 Å². The lowest BCUT2D eigenvalue weighted by Gasteiger charge is -2.15. The van der Waals surface area contributed by atoms with Gasteiger partial charge in [-0.25, -0.2) is 9.37 Å². The highest BCUT2D eigenvalue weighted by atomic mass is 32.2. The Balaban J connectivity index is 1.48. The van der Waals surface area contributed by atoms with Crippen LogP contribution < -0.4 is 16.4 Å². The number of carbonyl (C=O) groups excluding carboxylic acids is 2. The lowest BCUT2D eigenvalue weighted by molar-refractivity contribution is -0.119. The molecule has 1 aromatic carbocycles. The first kappa shape index (κ1) is 21.5. The van der Waals surface area contributed by atoms with E-state index in [0.717, 1.165) is 36.6 Å². The van der Waals surface area contributed by atoms with E-state index in [0.29, 0.717) is 15.4 Å². The first-order valence-electron chi connectivity index (χ1n) is 9.90. The fraction of sp³-hybridized carbons (Fsp3) is 0.333. The summed E-state index contributed by atoms with van der Waals surface area (Å²) in [6.07, 6.45) is 2.94. The number of fused-ring (bicyclic) bond motifs is 3. The van der Waals surface area contributed by atoms with Gasteiger partial charge in [-0.1, -0.05) is 23.9 Å². The number of nitrogens with zero attached hydrogens (tertiary/aromatic N) is 2. The minimum absolute atomic E-state index is 0.0622. The van der Waals surface area contributed by atoms with Crippen LogP contribution in [-0.2, 0) is 17.6 Å². The highest BCUT2D eigenvalue weighted by Crippen LogP contribution is 2.36. The molecular weight excluding hydrogens is 439 g/mol. The molecule has 7 nitrogen and oxygen atoms in total. The molecule has 0 radical (unpaired) electrons. The number of aromatic nitrogens is 2. The molecule has 1 aliphatic rings. The number of hydrogen-bond acceptors (Lipinski definition) is 6. The molecule has 2 N–H and O–H groups in total. The zero-order valence-corrected chi connectivity index (χ0v) is 18.7. The van der Waals surface area contributed by atoms with Gasteiger partial charge in [0.05, 0.1) is 16.7 Å². The van der Waals surface area contributed by atoms with Crippen LogP contribution >= 0.6 is 23.1 Å². The first-order chi connectivity index (χ1) is 14.9. The molecular formula is C21H21FN4O3S2. The number of halogens is 1. The average Bonchev–Trinajstić information content (AvgIpc) is 3.31. The third-order valence-electron chi connectivity index (χ3n) is 5.02. The summed E-state index contributed by atoms with van der Waals surface area (Å²) >= 11 is 2.68. The summed E-state index contributed by atoms with van der Waals surface area (Å²) in [6, 6.07) is 5.38. The second kappa shape index (κ2) is 8.80. The van der Waals surface area contributed by atoms with Gasteiger partial charge in [0, 0.05) is 10.9 Å². The molecule has 2 heterocycles. The number of rotatable bonds is 5. The van der Waals surface area contributed by atoms with Crippen LogP contribution in [0.25, 0.3) is 10.2 Å². The van der Waals surface area contributed by atoms with Crippen molar-refractivity contribution in [2.75, 3.05) is 5.75 Å². The predicted molar refractivity (Wildman–Crippen MR) is 119 cm³/mol. The van der Waals surface area contributed by atoms with Crippen LogP contribution in [0.2, 0.25) is 0 Å². The lowest BCUT2D eigenvalue weighted by atomic mass is 10.2. The van der Waals surface area contributed by atoms with Crippen molar-refractivity contribution in [1.29, 1.82) is 0 Å². The summed E-state index contributed by atoms with van der Waals surface area (Å²) in [7, 11) is 0. The number of thioether (sulfide) groups is 1. The third kappa shape index (κ3) is 4.22. The van der Waals surface area contributed by atoms with Gasteiger partial charge in [-0.05, 0) is 50.8 Å². The van der Waals surface area contributed by atoms with Crippen molar-refractivity contribution in [3.05, 3.63) is 56.4 Å². The Morgan fingerprint density at radius 1 is 1.26 bits per heavy atom. The molecule has 162 valence electrons. The van der Waals surface area contributed by atoms with Crippen molar-refractivity contribution in [1.82, 2.24) is 20.4 Å². The Kier molecular flexibility index (Phi) is 6.10. The van der Waals surface area contributed by atoms with Crippen molar-refractivity contribution in [2.45, 2.75) is 44.3 Å². The molecule has 0 saturated carbocycles. The molecule has 3 aromatic rings. The Morgan fingerprint density at radius 3 is 2.77 bits per heavy atom. The molecule has 0 aliphatic heterocycles. The maximum atomic E-state index is 13.7. The van der Waals surface area contributed by atoms with Gasteiger partial charge in [-0.2, -0.15) is 0 Å². The summed E-state index contributed by atoms with van der Waals surface area (Å²) in [5, 5.41) is 1.17. The molecule has 2 amide bonds. The summed E-state index contributed by atoms with van der Waals surface area (Å²) in [6.45, 7) is 3.81. The monoisotopic (exact) mass is 460 g/mol. The number of amides is 2. The predicted octanol–water partition coefficient (Wildman–Crippen LogP) is 3.22. The van der Waals surface area contributed by atoms with Crippen LogP contribution in [-0.4, -0.2) is 27.1 Å². The molecule has 4 rings (SSSR count). The Morgan fingerprint density at radius 2 is 2.03 bits per heavy atom. The molecule has 0 spiro atoms. The molecule has 31 heavy (non-hydrogen) atoms. The van der Waals surface area contributed by atoms with Crippen molar-refractivity contribution in [3.63, 3.8) is 0 Å². The van der Waals surface area contributed by atoms with Gasteiger partial charge in [0.15, 0.2) is 5.16 Å². The summed E-state index contributed by atoms with van der Waals surface area (Å²) in [4.78, 5) is 44.0. The standard InChI is InChI=1S/C21H21FN4O3S2/c1-11(2)26-20(29)17-13-7-5-9-15(13)31-19(17)23-21(26)30-10-16(27)24-25-18(28)12-6-3-4-8-14(12)22/h3-4,6,8,11H,5,7,9-10H2,1-2H3,(H,24,27)(H,25,28). The smallest absolute Gasteiger partial charge is 0.272 e. The van der Waals surface area contributed by atoms with E-state index in [1.807, 2.05) is 13.8 Å². The minimum atomic E-state index is -0.747. The maximum absolute atomic E-state index is 13.7. The fourth-order valence-electron chi connectivity index (χ4n) is 3.60. The number of hydrogen-bond donors (Lipinski definition) is 2. The molecule has 0 saturated heterocycles. The highest BCUT2D eigenvalue weighted by molar-refractivity contribution is 7.99. The van der Waals surface area contributed by atoms with E-state index in [1.165, 1.54) is 29.1 Å². The second-order valence-corrected chi connectivity index (χ2v) is 9.50. The van der Waals surface area contributed by atoms with Crippen LogP contribution in [0, 0.1) is 5.82 Å². The number of aryl methyl sites for hydroxylation is 2. The van der Waals surface area contributed by atoms with Crippen molar-refractivity contribution in [3.8, 4) is 0 Å². The van der Waals surface area contributed by atoms with E-state index >= 15 is 0 Å². The average molecular weight is 461 g/mol. The molecule has 2 aromatic heterocycles. The highest BCUT2D eigenvalue weighted by Gasteiger charge is 2.24. The number of carbonyl (C=O) groups is 2. The van der Waals surface area contributed by atoms with Gasteiger partial charge in [0.1, 0.15) is 10.6 Å². The zero-order chi connectivity index (χ0) is 22.1. The SMILES string of the molecule is CC(C)n1c(SCC(=O)NNC(=O)c2ccccc2F)nc2sc3c(c2c1=O)CCC3. The molecule has 1 aliphatic carbocycles. The Labute approximate surface area is 186 Å². The zero-order valence-electron chi connectivity index (χ0n) is 17.0. The Hall–Kier alpha value is -2.72. The van der Waals surface area contributed by atoms with Crippen LogP contribution in [0.3, 0.4) is 0 Å². The minimum Gasteiger partial charge on any atom is -0.284 e. The van der Waals surface area contributed by atoms with Crippen LogP contribution in [0.1, 0.15) is 47.1 Å². The number of hydrazine groups is 1. The summed E-state index contributed by atoms with van der Waals surface area (Å²) in [5.74, 6) is -1.98. The second-order valence-electron chi connectivity index (χ2n) is 7.47. The number of benzene rings is 1. The lowest BCUT2D eigenvalue weighted by Crippen LogP contribution is -2.42. The van der Waals surface area contributed by atoms with E-state index in [2.05, 4.69) is 15.8 Å². The molecule has 10 heteroatoms. The van der Waals surface area contributed by atoms with E-state index < -0.39 is 17.6 Å². The van der Waals surface area contributed by atoms with Crippen molar-refractivity contribution in [2.24, 2.45) is 0 Å². The number of nitrogens with one attached hydrogen (secondary N) is 2. The van der Waals surface area contributed by atoms with Crippen LogP contribution in [0.5, 0.6) is 0 Å². The molecule has 0 unspecified atom stereocenters. The largest absolute Gasteiger partial charge is 0.284 e. The van der Waals surface area contributed by atoms with Gasteiger partial charge in [-0.3, -0.25) is 29.8 Å². The van der Waals surface area contributed by atoms with Gasteiger partial charge in [0.25, 0.3) is 11.5 Å². The third-order valence-corrected chi connectivity index (χ3v) is 7.16. The van der Waals surface area contributed by atoms with Gasteiger partial charge >= 0.3 is 0 Å². The maximum Gasteiger partial charge on any atom is 0.272 e. The molecule has 0 bridgehead atoms. The normalized spacial score (nSPS) is 12.9.